The Kier molecular flexibility index (Phi) is 3.54. The van der Waals surface area contributed by atoms with E-state index in [0.29, 0.717) is 19.1 Å². The number of amides is 2. The normalized spacial score (nSPS) is 25.6. The average molecular weight is 240 g/mol. The van der Waals surface area contributed by atoms with Gasteiger partial charge in [-0.05, 0) is 25.7 Å². The van der Waals surface area contributed by atoms with E-state index in [4.69, 9.17) is 5.11 Å². The van der Waals surface area contributed by atoms with Crippen molar-refractivity contribution in [1.29, 1.82) is 0 Å². The van der Waals surface area contributed by atoms with Crippen LogP contribution in [-0.2, 0) is 4.79 Å². The molecular weight excluding hydrogens is 220 g/mol. The molecule has 1 atom stereocenters. The van der Waals surface area contributed by atoms with Crippen LogP contribution in [0.25, 0.3) is 0 Å². The topological polar surface area (TPSA) is 60.9 Å². The van der Waals surface area contributed by atoms with Crippen LogP contribution in [0, 0.1) is 5.92 Å². The van der Waals surface area contributed by atoms with Gasteiger partial charge in [0, 0.05) is 25.7 Å². The van der Waals surface area contributed by atoms with Crippen molar-refractivity contribution in [3.63, 3.8) is 0 Å². The Balaban J connectivity index is 1.89. The number of nitrogens with zero attached hydrogens (tertiary/aromatic N) is 2. The van der Waals surface area contributed by atoms with Crippen molar-refractivity contribution in [3.05, 3.63) is 0 Å². The van der Waals surface area contributed by atoms with E-state index in [9.17, 15) is 9.59 Å². The first kappa shape index (κ1) is 12.2. The molecule has 2 rings (SSSR count). The first-order valence-corrected chi connectivity index (χ1v) is 6.41. The molecule has 2 fully saturated rings. The molecule has 2 saturated heterocycles. The van der Waals surface area contributed by atoms with E-state index in [0.717, 1.165) is 25.8 Å². The SMILES string of the molecule is CCC1CCCCN1C(=O)N1CC(C(=O)O)C1. The Morgan fingerprint density at radius 1 is 1.29 bits per heavy atom. The molecule has 0 bridgehead atoms. The highest BCUT2D eigenvalue weighted by molar-refractivity contribution is 5.80. The lowest BCUT2D eigenvalue weighted by Crippen LogP contribution is -2.59. The number of carboxylic acids is 1. The maximum absolute atomic E-state index is 12.2. The summed E-state index contributed by atoms with van der Waals surface area (Å²) < 4.78 is 0. The molecule has 1 N–H and O–H groups in total. The van der Waals surface area contributed by atoms with Crippen molar-refractivity contribution >= 4 is 12.0 Å². The van der Waals surface area contributed by atoms with Gasteiger partial charge in [0.2, 0.25) is 0 Å². The van der Waals surface area contributed by atoms with Crippen LogP contribution in [-0.4, -0.2) is 52.6 Å². The van der Waals surface area contributed by atoms with Crippen molar-refractivity contribution in [1.82, 2.24) is 9.80 Å². The van der Waals surface area contributed by atoms with Gasteiger partial charge < -0.3 is 14.9 Å². The Hall–Kier alpha value is -1.26. The van der Waals surface area contributed by atoms with Crippen molar-refractivity contribution < 1.29 is 14.7 Å². The fourth-order valence-electron chi connectivity index (χ4n) is 2.65. The molecule has 2 aliphatic heterocycles. The van der Waals surface area contributed by atoms with E-state index in [1.165, 1.54) is 6.42 Å². The zero-order valence-corrected chi connectivity index (χ0v) is 10.3. The molecule has 5 heteroatoms. The van der Waals surface area contributed by atoms with Crippen LogP contribution in [0.15, 0.2) is 0 Å². The lowest BCUT2D eigenvalue weighted by Gasteiger charge is -2.43. The minimum Gasteiger partial charge on any atom is -0.481 e. The largest absolute Gasteiger partial charge is 0.481 e. The molecule has 0 radical (unpaired) electrons. The number of carbonyl (C=O) groups excluding carboxylic acids is 1. The standard InChI is InChI=1S/C12H20N2O3/c1-2-10-5-3-4-6-14(10)12(17)13-7-9(8-13)11(15)16/h9-10H,2-8H2,1H3,(H,15,16). The predicted molar refractivity (Wildman–Crippen MR) is 62.7 cm³/mol. The molecule has 2 aliphatic rings. The van der Waals surface area contributed by atoms with Crippen LogP contribution in [0.4, 0.5) is 4.79 Å². The Morgan fingerprint density at radius 2 is 2.00 bits per heavy atom. The zero-order valence-electron chi connectivity index (χ0n) is 10.3. The van der Waals surface area contributed by atoms with Crippen LogP contribution in [0.1, 0.15) is 32.6 Å². The van der Waals surface area contributed by atoms with E-state index in [1.807, 2.05) is 4.90 Å². The van der Waals surface area contributed by atoms with Gasteiger partial charge in [0.15, 0.2) is 0 Å². The van der Waals surface area contributed by atoms with E-state index < -0.39 is 5.97 Å². The highest BCUT2D eigenvalue weighted by atomic mass is 16.4. The van der Waals surface area contributed by atoms with Gasteiger partial charge in [0.1, 0.15) is 0 Å². The highest BCUT2D eigenvalue weighted by Crippen LogP contribution is 2.24. The summed E-state index contributed by atoms with van der Waals surface area (Å²) in [5, 5.41) is 8.79. The molecule has 0 saturated carbocycles. The van der Waals surface area contributed by atoms with Gasteiger partial charge in [0.05, 0.1) is 5.92 Å². The third-order valence-electron chi connectivity index (χ3n) is 3.85. The van der Waals surface area contributed by atoms with Crippen molar-refractivity contribution in [2.24, 2.45) is 5.92 Å². The lowest BCUT2D eigenvalue weighted by atomic mass is 9.98. The zero-order chi connectivity index (χ0) is 12.4. The summed E-state index contributed by atoms with van der Waals surface area (Å²) in [6, 6.07) is 0.383. The van der Waals surface area contributed by atoms with E-state index in [2.05, 4.69) is 6.92 Å². The van der Waals surface area contributed by atoms with Gasteiger partial charge >= 0.3 is 12.0 Å². The number of carboxylic acid groups (broad SMARTS) is 1. The van der Waals surface area contributed by atoms with Gasteiger partial charge in [-0.1, -0.05) is 6.92 Å². The van der Waals surface area contributed by atoms with E-state index >= 15 is 0 Å². The average Bonchev–Trinajstić information content (AvgIpc) is 2.26. The van der Waals surface area contributed by atoms with Gasteiger partial charge in [0.25, 0.3) is 0 Å². The molecule has 1 unspecified atom stereocenters. The number of piperidine rings is 1. The summed E-state index contributed by atoms with van der Waals surface area (Å²) in [7, 11) is 0. The second-order valence-electron chi connectivity index (χ2n) is 4.97. The molecule has 0 aromatic rings. The molecule has 0 aliphatic carbocycles. The van der Waals surface area contributed by atoms with Crippen LogP contribution < -0.4 is 0 Å². The Bertz CT molecular complexity index is 313. The van der Waals surface area contributed by atoms with Crippen LogP contribution in [0.3, 0.4) is 0 Å². The number of likely N-dealkylation sites (tertiary alicyclic amines) is 2. The van der Waals surface area contributed by atoms with Crippen LogP contribution >= 0.6 is 0 Å². The molecule has 17 heavy (non-hydrogen) atoms. The van der Waals surface area contributed by atoms with Crippen molar-refractivity contribution in [3.8, 4) is 0 Å². The van der Waals surface area contributed by atoms with Crippen LogP contribution in [0.5, 0.6) is 0 Å². The number of carbonyl (C=O) groups is 2. The molecule has 2 heterocycles. The summed E-state index contributed by atoms with van der Waals surface area (Å²) in [5.41, 5.74) is 0. The van der Waals surface area contributed by atoms with Crippen LogP contribution in [0.2, 0.25) is 0 Å². The lowest BCUT2D eigenvalue weighted by molar-refractivity contribution is -0.146. The van der Waals surface area contributed by atoms with Gasteiger partial charge in [-0.2, -0.15) is 0 Å². The van der Waals surface area contributed by atoms with E-state index in [1.54, 1.807) is 4.90 Å². The summed E-state index contributed by atoms with van der Waals surface area (Å²) in [5.74, 6) is -1.15. The minimum atomic E-state index is -0.792. The Morgan fingerprint density at radius 3 is 2.59 bits per heavy atom. The van der Waals surface area contributed by atoms with Crippen molar-refractivity contribution in [2.45, 2.75) is 38.6 Å². The summed E-state index contributed by atoms with van der Waals surface area (Å²) in [6.45, 7) is 3.68. The first-order chi connectivity index (χ1) is 8.13. The quantitative estimate of drug-likeness (QED) is 0.793. The fraction of sp³-hybridized carbons (Fsp3) is 0.833. The second-order valence-corrected chi connectivity index (χ2v) is 4.97. The fourth-order valence-corrected chi connectivity index (χ4v) is 2.65. The van der Waals surface area contributed by atoms with Gasteiger partial charge in [-0.25, -0.2) is 4.79 Å². The Labute approximate surface area is 101 Å². The predicted octanol–water partition coefficient (Wildman–Crippen LogP) is 1.39. The number of urea groups is 1. The molecule has 5 nitrogen and oxygen atoms in total. The summed E-state index contributed by atoms with van der Waals surface area (Å²) in [6.07, 6.45) is 4.33. The van der Waals surface area contributed by atoms with Gasteiger partial charge in [-0.15, -0.1) is 0 Å². The van der Waals surface area contributed by atoms with Gasteiger partial charge in [-0.3, -0.25) is 4.79 Å². The first-order valence-electron chi connectivity index (χ1n) is 6.41. The molecular formula is C12H20N2O3. The number of hydrogen-bond donors (Lipinski definition) is 1. The molecule has 2 amide bonds. The number of rotatable bonds is 2. The number of aliphatic carboxylic acids is 1. The number of hydrogen-bond acceptors (Lipinski definition) is 2. The smallest absolute Gasteiger partial charge is 0.320 e. The third-order valence-corrected chi connectivity index (χ3v) is 3.85. The second kappa shape index (κ2) is 4.94. The minimum absolute atomic E-state index is 0.0362. The maximum atomic E-state index is 12.2. The maximum Gasteiger partial charge on any atom is 0.320 e. The van der Waals surface area contributed by atoms with Crippen molar-refractivity contribution in [2.75, 3.05) is 19.6 Å². The molecule has 0 spiro atoms. The molecule has 0 aromatic carbocycles. The monoisotopic (exact) mass is 240 g/mol. The third kappa shape index (κ3) is 2.37. The van der Waals surface area contributed by atoms with E-state index in [-0.39, 0.29) is 11.9 Å². The summed E-state index contributed by atoms with van der Waals surface area (Å²) >= 11 is 0. The summed E-state index contributed by atoms with van der Waals surface area (Å²) in [4.78, 5) is 26.5. The molecule has 96 valence electrons. The molecule has 0 aromatic heterocycles. The highest BCUT2D eigenvalue weighted by Gasteiger charge is 2.39.